The lowest BCUT2D eigenvalue weighted by atomic mass is 9.97. The summed E-state index contributed by atoms with van der Waals surface area (Å²) in [5, 5.41) is 4.56. The van der Waals surface area contributed by atoms with Crippen LogP contribution >= 0.6 is 11.6 Å². The molecule has 0 aliphatic carbocycles. The highest BCUT2D eigenvalue weighted by Gasteiger charge is 2.30. The second kappa shape index (κ2) is 8.94. The summed E-state index contributed by atoms with van der Waals surface area (Å²) >= 11 is 5.90. The number of fused-ring (bicyclic) bond motifs is 1. The second-order valence-electron chi connectivity index (χ2n) is 8.07. The molecule has 2 amide bonds. The van der Waals surface area contributed by atoms with Gasteiger partial charge >= 0.3 is 0 Å². The van der Waals surface area contributed by atoms with Crippen LogP contribution in [0.5, 0.6) is 0 Å². The molecule has 0 saturated carbocycles. The molecule has 1 atom stereocenters. The maximum atomic E-state index is 13.2. The van der Waals surface area contributed by atoms with Crippen molar-refractivity contribution in [2.75, 3.05) is 13.1 Å². The number of aromatic nitrogens is 2. The molecule has 31 heavy (non-hydrogen) atoms. The van der Waals surface area contributed by atoms with Gasteiger partial charge in [-0.25, -0.2) is 4.98 Å². The van der Waals surface area contributed by atoms with Crippen LogP contribution < -0.4 is 5.32 Å². The van der Waals surface area contributed by atoms with E-state index in [1.54, 1.807) is 30.5 Å². The van der Waals surface area contributed by atoms with Gasteiger partial charge in [0, 0.05) is 47.0 Å². The van der Waals surface area contributed by atoms with Crippen molar-refractivity contribution in [2.45, 2.75) is 26.3 Å². The van der Waals surface area contributed by atoms with Crippen LogP contribution in [0, 0.1) is 5.92 Å². The van der Waals surface area contributed by atoms with Crippen molar-refractivity contribution < 1.29 is 9.59 Å². The van der Waals surface area contributed by atoms with E-state index >= 15 is 0 Å². The number of rotatable bonds is 5. The lowest BCUT2D eigenvalue weighted by molar-refractivity contribution is -0.133. The Bertz CT molecular complexity index is 1130. The Hall–Kier alpha value is -3.12. The highest BCUT2D eigenvalue weighted by Crippen LogP contribution is 2.28. The molecule has 1 aromatic carbocycles. The van der Waals surface area contributed by atoms with Gasteiger partial charge in [0.15, 0.2) is 0 Å². The maximum absolute atomic E-state index is 13.2. The quantitative estimate of drug-likeness (QED) is 0.626. The average molecular weight is 437 g/mol. The normalized spacial score (nSPS) is 15.1. The zero-order chi connectivity index (χ0) is 22.0. The Balaban J connectivity index is 1.46. The van der Waals surface area contributed by atoms with Crippen LogP contribution in [0.2, 0.25) is 5.02 Å². The summed E-state index contributed by atoms with van der Waals surface area (Å²) in [4.78, 5) is 35.2. The Labute approximate surface area is 186 Å². The summed E-state index contributed by atoms with van der Waals surface area (Å²) in [5.74, 6) is -0.370. The number of H-pyrrole nitrogens is 1. The molecule has 3 aromatic rings. The van der Waals surface area contributed by atoms with Crippen molar-refractivity contribution in [2.24, 2.45) is 5.92 Å². The molecule has 0 saturated heterocycles. The fourth-order valence-corrected chi connectivity index (χ4v) is 4.00. The summed E-state index contributed by atoms with van der Waals surface area (Å²) in [7, 11) is 0. The number of halogens is 1. The minimum atomic E-state index is -0.588. The van der Waals surface area contributed by atoms with E-state index in [0.717, 1.165) is 23.0 Å². The fourth-order valence-electron chi connectivity index (χ4n) is 3.87. The summed E-state index contributed by atoms with van der Waals surface area (Å²) in [5.41, 5.74) is 3.68. The number of hydrogen-bond acceptors (Lipinski definition) is 3. The smallest absolute Gasteiger partial charge is 0.251 e. The van der Waals surface area contributed by atoms with Crippen LogP contribution in [0.15, 0.2) is 54.9 Å². The molecular weight excluding hydrogens is 412 g/mol. The molecule has 2 aromatic heterocycles. The van der Waals surface area contributed by atoms with Crippen molar-refractivity contribution in [3.05, 3.63) is 71.0 Å². The van der Waals surface area contributed by atoms with Crippen LogP contribution in [0.25, 0.3) is 16.6 Å². The highest BCUT2D eigenvalue weighted by atomic mass is 35.5. The molecule has 160 valence electrons. The van der Waals surface area contributed by atoms with Gasteiger partial charge in [-0.3, -0.25) is 9.59 Å². The number of nitrogens with one attached hydrogen (secondary N) is 2. The minimum Gasteiger partial charge on any atom is -0.346 e. The van der Waals surface area contributed by atoms with E-state index in [2.05, 4.69) is 21.4 Å². The number of benzene rings is 1. The Morgan fingerprint density at radius 1 is 1.19 bits per heavy atom. The lowest BCUT2D eigenvalue weighted by Crippen LogP contribution is -2.52. The average Bonchev–Trinajstić information content (AvgIpc) is 3.21. The first-order valence-electron chi connectivity index (χ1n) is 10.4. The van der Waals surface area contributed by atoms with E-state index < -0.39 is 6.04 Å². The fraction of sp³-hybridized carbons (Fsp3) is 0.292. The van der Waals surface area contributed by atoms with Gasteiger partial charge in [0.2, 0.25) is 5.91 Å². The van der Waals surface area contributed by atoms with Crippen molar-refractivity contribution >= 4 is 40.0 Å². The monoisotopic (exact) mass is 436 g/mol. The first-order valence-corrected chi connectivity index (χ1v) is 10.8. The van der Waals surface area contributed by atoms with Crippen molar-refractivity contribution in [1.82, 2.24) is 20.2 Å². The molecule has 0 spiro atoms. The molecule has 0 fully saturated rings. The first kappa shape index (κ1) is 21.1. The first-order chi connectivity index (χ1) is 14.9. The van der Waals surface area contributed by atoms with Gasteiger partial charge in [0.25, 0.3) is 5.91 Å². The van der Waals surface area contributed by atoms with Gasteiger partial charge in [-0.15, -0.1) is 0 Å². The van der Waals surface area contributed by atoms with E-state index in [1.165, 1.54) is 5.57 Å². The molecular formula is C24H25ClN4O2. The molecule has 3 heterocycles. The van der Waals surface area contributed by atoms with Crippen LogP contribution in [-0.2, 0) is 4.79 Å². The van der Waals surface area contributed by atoms with Crippen LogP contribution in [-0.4, -0.2) is 45.8 Å². The molecule has 7 heteroatoms. The number of pyridine rings is 1. The summed E-state index contributed by atoms with van der Waals surface area (Å²) in [6, 6.07) is 10.0. The van der Waals surface area contributed by atoms with Gasteiger partial charge in [-0.05, 0) is 54.3 Å². The zero-order valence-electron chi connectivity index (χ0n) is 17.6. The molecule has 2 N–H and O–H groups in total. The second-order valence-corrected chi connectivity index (χ2v) is 8.50. The van der Waals surface area contributed by atoms with Gasteiger partial charge in [0.1, 0.15) is 11.7 Å². The molecule has 1 aliphatic heterocycles. The number of nitrogens with zero attached hydrogens (tertiary/aromatic N) is 2. The van der Waals surface area contributed by atoms with Gasteiger partial charge in [-0.2, -0.15) is 0 Å². The Morgan fingerprint density at radius 2 is 1.97 bits per heavy atom. The minimum absolute atomic E-state index is 0.0335. The van der Waals surface area contributed by atoms with E-state index in [0.29, 0.717) is 23.7 Å². The van der Waals surface area contributed by atoms with E-state index in [4.69, 9.17) is 11.6 Å². The van der Waals surface area contributed by atoms with E-state index in [9.17, 15) is 9.59 Å². The van der Waals surface area contributed by atoms with Crippen LogP contribution in [0.1, 0.15) is 36.2 Å². The van der Waals surface area contributed by atoms with E-state index in [1.807, 2.05) is 37.1 Å². The topological polar surface area (TPSA) is 78.1 Å². The summed E-state index contributed by atoms with van der Waals surface area (Å²) in [6.07, 6.45) is 6.59. The van der Waals surface area contributed by atoms with Crippen molar-refractivity contribution in [3.8, 4) is 0 Å². The molecule has 1 aliphatic rings. The highest BCUT2D eigenvalue weighted by molar-refractivity contribution is 6.30. The van der Waals surface area contributed by atoms with Crippen LogP contribution in [0.4, 0.5) is 0 Å². The number of hydrogen-bond donors (Lipinski definition) is 2. The summed E-state index contributed by atoms with van der Waals surface area (Å²) in [6.45, 7) is 5.00. The predicted molar refractivity (Wildman–Crippen MR) is 123 cm³/mol. The standard InChI is InChI=1S/C24H25ClN4O2/c1-15(2)21(28-23(30)17-5-7-18(25)8-6-17)24(31)29-12-9-16(10-13-29)20-14-27-22-19(20)4-3-11-26-22/h3-9,11,14-15,21H,10,12-13H2,1-2H3,(H,26,27)(H,28,30)/t21-/m0/s1. The zero-order valence-corrected chi connectivity index (χ0v) is 18.3. The number of carbonyl (C=O) groups excluding carboxylic acids is 2. The van der Waals surface area contributed by atoms with E-state index in [-0.39, 0.29) is 17.7 Å². The Morgan fingerprint density at radius 3 is 2.65 bits per heavy atom. The maximum Gasteiger partial charge on any atom is 0.251 e. The third-order valence-corrected chi connectivity index (χ3v) is 5.90. The summed E-state index contributed by atoms with van der Waals surface area (Å²) < 4.78 is 0. The molecule has 6 nitrogen and oxygen atoms in total. The largest absolute Gasteiger partial charge is 0.346 e. The van der Waals surface area contributed by atoms with Gasteiger partial charge < -0.3 is 15.2 Å². The third-order valence-electron chi connectivity index (χ3n) is 5.64. The Kier molecular flexibility index (Phi) is 6.09. The number of amides is 2. The van der Waals surface area contributed by atoms with Gasteiger partial charge in [-0.1, -0.05) is 31.5 Å². The van der Waals surface area contributed by atoms with Crippen molar-refractivity contribution in [1.29, 1.82) is 0 Å². The molecule has 0 bridgehead atoms. The van der Waals surface area contributed by atoms with Crippen molar-refractivity contribution in [3.63, 3.8) is 0 Å². The number of aromatic amines is 1. The predicted octanol–water partition coefficient (Wildman–Crippen LogP) is 4.29. The van der Waals surface area contributed by atoms with Crippen LogP contribution in [0.3, 0.4) is 0 Å². The molecule has 0 unspecified atom stereocenters. The molecule has 4 rings (SSSR count). The third kappa shape index (κ3) is 4.49. The van der Waals surface area contributed by atoms with Gasteiger partial charge in [0.05, 0.1) is 0 Å². The number of carbonyl (C=O) groups is 2. The SMILES string of the molecule is CC(C)[C@H](NC(=O)c1ccc(Cl)cc1)C(=O)N1CC=C(c2c[nH]c3ncccc23)CC1. The molecule has 0 radical (unpaired) electrons. The lowest BCUT2D eigenvalue weighted by Gasteiger charge is -2.32.